The van der Waals surface area contributed by atoms with Gasteiger partial charge in [-0.05, 0) is 17.0 Å². The van der Waals surface area contributed by atoms with Gasteiger partial charge in [-0.15, -0.1) is 0 Å². The SMILES string of the molecule is CC(C)(C)c1cc(Cl)c(Cl)c(Cl)c1Cl. The first-order valence-electron chi connectivity index (χ1n) is 4.08. The summed E-state index contributed by atoms with van der Waals surface area (Å²) in [7, 11) is 0. The van der Waals surface area contributed by atoms with Gasteiger partial charge in [-0.25, -0.2) is 0 Å². The van der Waals surface area contributed by atoms with Gasteiger partial charge in [0.05, 0.1) is 20.1 Å². The van der Waals surface area contributed by atoms with Crippen LogP contribution in [0.2, 0.25) is 20.1 Å². The molecule has 0 spiro atoms. The molecule has 0 fully saturated rings. The normalized spacial score (nSPS) is 11.9. The van der Waals surface area contributed by atoms with E-state index in [0.29, 0.717) is 20.1 Å². The largest absolute Gasteiger partial charge is 0.0826 e. The van der Waals surface area contributed by atoms with Crippen LogP contribution in [0.1, 0.15) is 26.3 Å². The van der Waals surface area contributed by atoms with E-state index in [4.69, 9.17) is 46.4 Å². The molecule has 0 saturated heterocycles. The van der Waals surface area contributed by atoms with Gasteiger partial charge in [0, 0.05) is 0 Å². The topological polar surface area (TPSA) is 0 Å². The van der Waals surface area contributed by atoms with E-state index < -0.39 is 0 Å². The summed E-state index contributed by atoms with van der Waals surface area (Å²) in [5.74, 6) is 0. The maximum Gasteiger partial charge on any atom is 0.0796 e. The van der Waals surface area contributed by atoms with E-state index in [9.17, 15) is 0 Å². The highest BCUT2D eigenvalue weighted by Crippen LogP contribution is 2.42. The number of rotatable bonds is 0. The van der Waals surface area contributed by atoms with Crippen LogP contribution in [-0.4, -0.2) is 0 Å². The highest BCUT2D eigenvalue weighted by Gasteiger charge is 2.22. The monoisotopic (exact) mass is 270 g/mol. The fourth-order valence-corrected chi connectivity index (χ4v) is 2.20. The highest BCUT2D eigenvalue weighted by molar-refractivity contribution is 6.52. The Morgan fingerprint density at radius 1 is 0.857 bits per heavy atom. The summed E-state index contributed by atoms with van der Waals surface area (Å²) in [5, 5.41) is 1.55. The van der Waals surface area contributed by atoms with Crippen molar-refractivity contribution < 1.29 is 0 Å². The van der Waals surface area contributed by atoms with Crippen LogP contribution in [0.15, 0.2) is 6.07 Å². The third kappa shape index (κ3) is 2.30. The second kappa shape index (κ2) is 4.09. The van der Waals surface area contributed by atoms with Crippen LogP contribution in [0.4, 0.5) is 0 Å². The van der Waals surface area contributed by atoms with E-state index in [-0.39, 0.29) is 5.41 Å². The molecule has 1 rings (SSSR count). The molecule has 0 heterocycles. The minimum absolute atomic E-state index is 0.102. The van der Waals surface area contributed by atoms with Crippen molar-refractivity contribution in [3.05, 3.63) is 31.7 Å². The van der Waals surface area contributed by atoms with Crippen molar-refractivity contribution in [2.24, 2.45) is 0 Å². The Morgan fingerprint density at radius 2 is 1.36 bits per heavy atom. The number of hydrogen-bond acceptors (Lipinski definition) is 0. The molecule has 1 aromatic rings. The zero-order valence-electron chi connectivity index (χ0n) is 8.09. The summed E-state index contributed by atoms with van der Waals surface area (Å²) in [6.45, 7) is 6.11. The van der Waals surface area contributed by atoms with Gasteiger partial charge in [-0.2, -0.15) is 0 Å². The average Bonchev–Trinajstić information content (AvgIpc) is 2.06. The van der Waals surface area contributed by atoms with Crippen LogP contribution >= 0.6 is 46.4 Å². The quantitative estimate of drug-likeness (QED) is 0.426. The van der Waals surface area contributed by atoms with Crippen LogP contribution in [0.25, 0.3) is 0 Å². The molecule has 0 radical (unpaired) electrons. The lowest BCUT2D eigenvalue weighted by molar-refractivity contribution is 0.590. The standard InChI is InChI=1S/C10H10Cl4/c1-10(2,3)5-4-6(11)8(13)9(14)7(5)12/h4H,1-3H3. The minimum Gasteiger partial charge on any atom is -0.0826 e. The Kier molecular flexibility index (Phi) is 3.64. The first-order valence-corrected chi connectivity index (χ1v) is 5.60. The molecule has 0 aliphatic rings. The van der Waals surface area contributed by atoms with Crippen molar-refractivity contribution in [2.45, 2.75) is 26.2 Å². The second-order valence-electron chi connectivity index (χ2n) is 4.10. The molecular formula is C10H10Cl4. The summed E-state index contributed by atoms with van der Waals surface area (Å²) in [5.41, 5.74) is 0.799. The third-order valence-electron chi connectivity index (χ3n) is 1.91. The van der Waals surface area contributed by atoms with Crippen molar-refractivity contribution >= 4 is 46.4 Å². The lowest BCUT2D eigenvalue weighted by Gasteiger charge is -2.22. The van der Waals surface area contributed by atoms with Crippen molar-refractivity contribution in [1.82, 2.24) is 0 Å². The second-order valence-corrected chi connectivity index (χ2v) is 5.64. The zero-order chi connectivity index (χ0) is 11.1. The summed E-state index contributed by atoms with van der Waals surface area (Å²) >= 11 is 23.8. The fraction of sp³-hybridized carbons (Fsp3) is 0.400. The lowest BCUT2D eigenvalue weighted by atomic mass is 9.87. The zero-order valence-corrected chi connectivity index (χ0v) is 11.1. The van der Waals surface area contributed by atoms with Crippen molar-refractivity contribution in [3.8, 4) is 0 Å². The average molecular weight is 272 g/mol. The Bertz CT molecular complexity index is 363. The van der Waals surface area contributed by atoms with E-state index in [1.54, 1.807) is 6.07 Å². The molecule has 0 nitrogen and oxygen atoms in total. The Balaban J connectivity index is 3.49. The van der Waals surface area contributed by atoms with E-state index in [1.165, 1.54) is 0 Å². The molecule has 0 amide bonds. The molecule has 0 bridgehead atoms. The first-order chi connectivity index (χ1) is 6.25. The van der Waals surface area contributed by atoms with Crippen LogP contribution < -0.4 is 0 Å². The summed E-state index contributed by atoms with van der Waals surface area (Å²) in [6, 6.07) is 1.76. The predicted molar refractivity (Wildman–Crippen MR) is 65.2 cm³/mol. The van der Waals surface area contributed by atoms with Crippen molar-refractivity contribution in [2.75, 3.05) is 0 Å². The molecule has 4 heteroatoms. The lowest BCUT2D eigenvalue weighted by Crippen LogP contribution is -2.12. The first kappa shape index (κ1) is 12.4. The van der Waals surface area contributed by atoms with E-state index in [0.717, 1.165) is 5.56 Å². The van der Waals surface area contributed by atoms with Gasteiger partial charge in [0.15, 0.2) is 0 Å². The van der Waals surface area contributed by atoms with Crippen LogP contribution in [0.3, 0.4) is 0 Å². The van der Waals surface area contributed by atoms with Gasteiger partial charge in [0.2, 0.25) is 0 Å². The van der Waals surface area contributed by atoms with Gasteiger partial charge in [-0.1, -0.05) is 67.2 Å². The maximum atomic E-state index is 6.08. The van der Waals surface area contributed by atoms with E-state index in [2.05, 4.69) is 0 Å². The number of benzene rings is 1. The summed E-state index contributed by atoms with van der Waals surface area (Å²) in [4.78, 5) is 0. The van der Waals surface area contributed by atoms with E-state index >= 15 is 0 Å². The third-order valence-corrected chi connectivity index (χ3v) is 3.66. The minimum atomic E-state index is -0.102. The molecular weight excluding hydrogens is 262 g/mol. The molecule has 78 valence electrons. The molecule has 0 unspecified atom stereocenters. The maximum absolute atomic E-state index is 6.08. The van der Waals surface area contributed by atoms with E-state index in [1.807, 2.05) is 20.8 Å². The summed E-state index contributed by atoms with van der Waals surface area (Å²) < 4.78 is 0. The highest BCUT2D eigenvalue weighted by atomic mass is 35.5. The Morgan fingerprint density at radius 3 is 1.79 bits per heavy atom. The molecule has 0 saturated carbocycles. The van der Waals surface area contributed by atoms with Gasteiger partial charge < -0.3 is 0 Å². The molecule has 1 aromatic carbocycles. The van der Waals surface area contributed by atoms with Gasteiger partial charge in [0.1, 0.15) is 0 Å². The molecule has 0 aromatic heterocycles. The van der Waals surface area contributed by atoms with Gasteiger partial charge in [-0.3, -0.25) is 0 Å². The van der Waals surface area contributed by atoms with Crippen LogP contribution in [-0.2, 0) is 5.41 Å². The molecule has 0 aliphatic carbocycles. The number of halogens is 4. The number of hydrogen-bond donors (Lipinski definition) is 0. The van der Waals surface area contributed by atoms with Gasteiger partial charge >= 0.3 is 0 Å². The van der Waals surface area contributed by atoms with Crippen molar-refractivity contribution in [1.29, 1.82) is 0 Å². The van der Waals surface area contributed by atoms with Crippen LogP contribution in [0, 0.1) is 0 Å². The predicted octanol–water partition coefficient (Wildman–Crippen LogP) is 5.60. The van der Waals surface area contributed by atoms with Crippen LogP contribution in [0.5, 0.6) is 0 Å². The Hall–Kier alpha value is 0.380. The summed E-state index contributed by atoms with van der Waals surface area (Å²) in [6.07, 6.45) is 0. The molecule has 0 atom stereocenters. The van der Waals surface area contributed by atoms with Crippen molar-refractivity contribution in [3.63, 3.8) is 0 Å². The molecule has 14 heavy (non-hydrogen) atoms. The van der Waals surface area contributed by atoms with Gasteiger partial charge in [0.25, 0.3) is 0 Å². The fourth-order valence-electron chi connectivity index (χ4n) is 1.12. The molecule has 0 N–H and O–H groups in total. The molecule has 0 aliphatic heterocycles. The Labute approximate surface area is 104 Å². The smallest absolute Gasteiger partial charge is 0.0796 e.